The average molecular weight is 252 g/mol. The molecule has 0 atom stereocenters. The van der Waals surface area contributed by atoms with E-state index in [-0.39, 0.29) is 5.69 Å². The molecule has 2 rings (SSSR count). The number of rotatable bonds is 4. The number of anilines is 2. The van der Waals surface area contributed by atoms with E-state index in [0.717, 1.165) is 18.8 Å². The van der Waals surface area contributed by atoms with Gasteiger partial charge in [-0.15, -0.1) is 0 Å². The van der Waals surface area contributed by atoms with Crippen LogP contribution in [0.5, 0.6) is 0 Å². The molecule has 0 aliphatic carbocycles. The predicted octanol–water partition coefficient (Wildman–Crippen LogP) is 2.21. The van der Waals surface area contributed by atoms with Crippen LogP contribution in [0.25, 0.3) is 0 Å². The van der Waals surface area contributed by atoms with Crippen molar-refractivity contribution < 1.29 is 0 Å². The van der Waals surface area contributed by atoms with Crippen LogP contribution in [0.3, 0.4) is 0 Å². The van der Waals surface area contributed by atoms with Gasteiger partial charge in [-0.05, 0) is 24.1 Å². The van der Waals surface area contributed by atoms with Gasteiger partial charge in [0.1, 0.15) is 11.9 Å². The summed E-state index contributed by atoms with van der Waals surface area (Å²) in [6.07, 6.45) is 0.936. The number of hydrogen-bond donors (Lipinski definition) is 1. The zero-order chi connectivity index (χ0) is 13.7. The molecule has 0 aliphatic rings. The van der Waals surface area contributed by atoms with Gasteiger partial charge in [-0.3, -0.25) is 0 Å². The van der Waals surface area contributed by atoms with Crippen molar-refractivity contribution in [3.63, 3.8) is 0 Å². The maximum atomic E-state index is 8.92. The minimum atomic E-state index is 0.282. The Morgan fingerprint density at radius 2 is 1.95 bits per heavy atom. The molecule has 4 heteroatoms. The van der Waals surface area contributed by atoms with Crippen molar-refractivity contribution in [1.82, 2.24) is 4.98 Å². The molecule has 0 amide bonds. The summed E-state index contributed by atoms with van der Waals surface area (Å²) >= 11 is 0. The first-order valence-corrected chi connectivity index (χ1v) is 6.12. The molecular weight excluding hydrogens is 236 g/mol. The standard InChI is InChI=1S/C15H16N4/c1-19(10-9-12-5-3-2-4-6-12)15-8-7-13(17)14(11-16)18-15/h2-8H,9-10,17H2,1H3. The molecule has 0 aliphatic heterocycles. The van der Waals surface area contributed by atoms with Gasteiger partial charge in [0.15, 0.2) is 5.69 Å². The highest BCUT2D eigenvalue weighted by molar-refractivity contribution is 5.55. The van der Waals surface area contributed by atoms with Crippen LogP contribution in [0.1, 0.15) is 11.3 Å². The monoisotopic (exact) mass is 252 g/mol. The molecule has 2 aromatic rings. The molecule has 0 bridgehead atoms. The summed E-state index contributed by atoms with van der Waals surface area (Å²) in [5.41, 5.74) is 7.65. The molecule has 2 N–H and O–H groups in total. The highest BCUT2D eigenvalue weighted by Gasteiger charge is 2.06. The average Bonchev–Trinajstić information content (AvgIpc) is 2.46. The van der Waals surface area contributed by atoms with Crippen molar-refractivity contribution in [1.29, 1.82) is 5.26 Å². The Balaban J connectivity index is 2.04. The van der Waals surface area contributed by atoms with E-state index in [4.69, 9.17) is 11.0 Å². The lowest BCUT2D eigenvalue weighted by Crippen LogP contribution is -2.21. The number of hydrogen-bond acceptors (Lipinski definition) is 4. The summed E-state index contributed by atoms with van der Waals surface area (Å²) in [7, 11) is 1.96. The lowest BCUT2D eigenvalue weighted by Gasteiger charge is -2.18. The van der Waals surface area contributed by atoms with E-state index in [9.17, 15) is 0 Å². The molecule has 0 radical (unpaired) electrons. The topological polar surface area (TPSA) is 65.9 Å². The largest absolute Gasteiger partial charge is 0.396 e. The van der Waals surface area contributed by atoms with Gasteiger partial charge in [0, 0.05) is 13.6 Å². The Bertz CT molecular complexity index is 587. The number of pyridine rings is 1. The Morgan fingerprint density at radius 3 is 2.63 bits per heavy atom. The van der Waals surface area contributed by atoms with Crippen molar-refractivity contribution >= 4 is 11.5 Å². The summed E-state index contributed by atoms with van der Waals surface area (Å²) < 4.78 is 0. The van der Waals surface area contributed by atoms with E-state index in [0.29, 0.717) is 5.69 Å². The maximum Gasteiger partial charge on any atom is 0.165 e. The number of nitrogen functional groups attached to an aromatic ring is 1. The fraction of sp³-hybridized carbons (Fsp3) is 0.200. The number of nitriles is 1. The minimum absolute atomic E-state index is 0.282. The van der Waals surface area contributed by atoms with E-state index in [1.807, 2.05) is 42.3 Å². The fourth-order valence-corrected chi connectivity index (χ4v) is 1.82. The molecule has 1 aromatic heterocycles. The smallest absolute Gasteiger partial charge is 0.165 e. The molecule has 0 saturated heterocycles. The fourth-order valence-electron chi connectivity index (χ4n) is 1.82. The Labute approximate surface area is 113 Å². The molecule has 1 aromatic carbocycles. The van der Waals surface area contributed by atoms with Crippen molar-refractivity contribution in [2.45, 2.75) is 6.42 Å². The third kappa shape index (κ3) is 3.23. The molecular formula is C15H16N4. The highest BCUT2D eigenvalue weighted by Crippen LogP contribution is 2.15. The van der Waals surface area contributed by atoms with Gasteiger partial charge in [-0.1, -0.05) is 30.3 Å². The number of likely N-dealkylation sites (N-methyl/N-ethyl adjacent to an activating group) is 1. The molecule has 0 fully saturated rings. The molecule has 19 heavy (non-hydrogen) atoms. The zero-order valence-electron chi connectivity index (χ0n) is 10.9. The lowest BCUT2D eigenvalue weighted by molar-refractivity contribution is 0.859. The number of benzene rings is 1. The van der Waals surface area contributed by atoms with E-state index in [1.54, 1.807) is 6.07 Å². The normalized spacial score (nSPS) is 9.89. The van der Waals surface area contributed by atoms with Crippen LogP contribution in [0.15, 0.2) is 42.5 Å². The van der Waals surface area contributed by atoms with Gasteiger partial charge in [0.05, 0.1) is 5.69 Å². The Hall–Kier alpha value is -2.54. The molecule has 0 saturated carbocycles. The van der Waals surface area contributed by atoms with Crippen LogP contribution >= 0.6 is 0 Å². The molecule has 4 nitrogen and oxygen atoms in total. The van der Waals surface area contributed by atoms with Gasteiger partial charge in [-0.25, -0.2) is 4.98 Å². The van der Waals surface area contributed by atoms with E-state index < -0.39 is 0 Å². The SMILES string of the molecule is CN(CCc1ccccc1)c1ccc(N)c(C#N)n1. The van der Waals surface area contributed by atoms with Crippen molar-refractivity contribution in [3.8, 4) is 6.07 Å². The van der Waals surface area contributed by atoms with Gasteiger partial charge in [0.2, 0.25) is 0 Å². The van der Waals surface area contributed by atoms with Gasteiger partial charge in [0.25, 0.3) is 0 Å². The first-order chi connectivity index (χ1) is 9.20. The summed E-state index contributed by atoms with van der Waals surface area (Å²) in [4.78, 5) is 6.26. The Morgan fingerprint density at radius 1 is 1.21 bits per heavy atom. The summed E-state index contributed by atoms with van der Waals surface area (Å²) in [6.45, 7) is 0.839. The predicted molar refractivity (Wildman–Crippen MR) is 76.8 cm³/mol. The van der Waals surface area contributed by atoms with E-state index in [2.05, 4.69) is 17.1 Å². The molecule has 96 valence electrons. The second kappa shape index (κ2) is 5.87. The summed E-state index contributed by atoms with van der Waals surface area (Å²) in [5, 5.41) is 8.92. The van der Waals surface area contributed by atoms with Crippen molar-refractivity contribution in [2.24, 2.45) is 0 Å². The van der Waals surface area contributed by atoms with Gasteiger partial charge in [-0.2, -0.15) is 5.26 Å². The minimum Gasteiger partial charge on any atom is -0.396 e. The lowest BCUT2D eigenvalue weighted by atomic mass is 10.1. The van der Waals surface area contributed by atoms with Crippen LogP contribution < -0.4 is 10.6 Å². The van der Waals surface area contributed by atoms with Crippen molar-refractivity contribution in [2.75, 3.05) is 24.2 Å². The zero-order valence-corrected chi connectivity index (χ0v) is 10.9. The van der Waals surface area contributed by atoms with Crippen LogP contribution in [-0.4, -0.2) is 18.6 Å². The first kappa shape index (κ1) is 12.9. The van der Waals surface area contributed by atoms with E-state index in [1.165, 1.54) is 5.56 Å². The number of nitrogens with zero attached hydrogens (tertiary/aromatic N) is 3. The van der Waals surface area contributed by atoms with E-state index >= 15 is 0 Å². The van der Waals surface area contributed by atoms with Crippen LogP contribution in [-0.2, 0) is 6.42 Å². The van der Waals surface area contributed by atoms with Gasteiger partial charge >= 0.3 is 0 Å². The summed E-state index contributed by atoms with van der Waals surface area (Å²) in [5.74, 6) is 0.765. The van der Waals surface area contributed by atoms with Gasteiger partial charge < -0.3 is 10.6 Å². The molecule has 0 unspecified atom stereocenters. The second-order valence-electron chi connectivity index (χ2n) is 4.38. The number of nitrogens with two attached hydrogens (primary N) is 1. The quantitative estimate of drug-likeness (QED) is 0.906. The van der Waals surface area contributed by atoms with Crippen LogP contribution in [0, 0.1) is 11.3 Å². The van der Waals surface area contributed by atoms with Crippen LogP contribution in [0.4, 0.5) is 11.5 Å². The number of aromatic nitrogens is 1. The summed E-state index contributed by atoms with van der Waals surface area (Å²) in [6, 6.07) is 15.8. The first-order valence-electron chi connectivity index (χ1n) is 6.12. The maximum absolute atomic E-state index is 8.92. The Kier molecular flexibility index (Phi) is 3.99. The van der Waals surface area contributed by atoms with Crippen LogP contribution in [0.2, 0.25) is 0 Å². The highest BCUT2D eigenvalue weighted by atomic mass is 15.2. The molecule has 0 spiro atoms. The third-order valence-electron chi connectivity index (χ3n) is 2.99. The molecule has 1 heterocycles. The van der Waals surface area contributed by atoms with Crippen molar-refractivity contribution in [3.05, 3.63) is 53.7 Å². The third-order valence-corrected chi connectivity index (χ3v) is 2.99. The second-order valence-corrected chi connectivity index (χ2v) is 4.38.